The summed E-state index contributed by atoms with van der Waals surface area (Å²) in [6.07, 6.45) is 3.08. The molecule has 0 saturated heterocycles. The van der Waals surface area contributed by atoms with Crippen molar-refractivity contribution in [2.24, 2.45) is 28.6 Å². The number of ether oxygens (including phenoxy) is 3. The van der Waals surface area contributed by atoms with Crippen LogP contribution in [0, 0.1) is 28.6 Å². The van der Waals surface area contributed by atoms with Crippen LogP contribution in [0.15, 0.2) is 68.5 Å². The predicted octanol–water partition coefficient (Wildman–Crippen LogP) is 6.52. The van der Waals surface area contributed by atoms with Crippen molar-refractivity contribution in [3.8, 4) is 17.1 Å². The van der Waals surface area contributed by atoms with E-state index in [1.54, 1.807) is 54.9 Å². The Morgan fingerprint density at radius 1 is 1.16 bits per heavy atom. The van der Waals surface area contributed by atoms with Gasteiger partial charge >= 0.3 is 17.6 Å². The normalized spacial score (nSPS) is 33.5. The second-order valence-electron chi connectivity index (χ2n) is 13.5. The van der Waals surface area contributed by atoms with Gasteiger partial charge in [-0.2, -0.15) is 0 Å². The van der Waals surface area contributed by atoms with Crippen LogP contribution in [0.2, 0.25) is 0 Å². The minimum absolute atomic E-state index is 0.0466. The number of hydrogen-bond acceptors (Lipinski definition) is 9. The maximum absolute atomic E-state index is 13.6. The molecule has 3 unspecified atom stereocenters. The third kappa shape index (κ3) is 5.19. The molecule has 6 rings (SSSR count). The number of nitrogens with zero attached hydrogens (tertiary/aromatic N) is 1. The number of aromatic nitrogens is 1. The van der Waals surface area contributed by atoms with Gasteiger partial charge in [0.25, 0.3) is 0 Å². The highest BCUT2D eigenvalue weighted by Crippen LogP contribution is 2.68. The molecule has 1 aliphatic heterocycles. The Kier molecular flexibility index (Phi) is 7.96. The monoisotopic (exact) mass is 679 g/mol. The van der Waals surface area contributed by atoms with Gasteiger partial charge in [-0.1, -0.05) is 36.7 Å². The van der Waals surface area contributed by atoms with E-state index in [1.165, 1.54) is 6.92 Å². The molecule has 45 heavy (non-hydrogen) atoms. The first-order valence-corrected chi connectivity index (χ1v) is 16.1. The first-order chi connectivity index (χ1) is 21.3. The third-order valence-corrected chi connectivity index (χ3v) is 11.5. The van der Waals surface area contributed by atoms with Crippen LogP contribution in [0.3, 0.4) is 0 Å². The summed E-state index contributed by atoms with van der Waals surface area (Å²) < 4.78 is 25.3. The lowest BCUT2D eigenvalue weighted by Gasteiger charge is -2.66. The second kappa shape index (κ2) is 11.4. The van der Waals surface area contributed by atoms with Crippen LogP contribution >= 0.6 is 15.9 Å². The van der Waals surface area contributed by atoms with Crippen molar-refractivity contribution in [1.29, 1.82) is 0 Å². The van der Waals surface area contributed by atoms with Gasteiger partial charge in [-0.05, 0) is 79.8 Å². The molecule has 0 amide bonds. The zero-order chi connectivity index (χ0) is 32.3. The van der Waals surface area contributed by atoms with Gasteiger partial charge in [-0.25, -0.2) is 9.59 Å². The SMILES string of the molecule is CC(=O)OCC1(C)C2C[C@H](OC(=O)c3ccc(Br)cc3)[C@@]3(C)Oc4cc(-c5cccnc5)oc(=O)c4[C@H](O)C3[C@@]2(C)CC[C@@H]1C. The molecule has 2 aliphatic carbocycles. The Morgan fingerprint density at radius 3 is 2.56 bits per heavy atom. The quantitative estimate of drug-likeness (QED) is 0.300. The van der Waals surface area contributed by atoms with E-state index in [9.17, 15) is 19.5 Å². The number of aliphatic hydroxyl groups is 1. The molecule has 2 saturated carbocycles. The van der Waals surface area contributed by atoms with E-state index in [1.807, 2.05) is 6.92 Å². The minimum Gasteiger partial charge on any atom is -0.482 e. The third-order valence-electron chi connectivity index (χ3n) is 11.0. The fourth-order valence-electron chi connectivity index (χ4n) is 8.48. The Balaban J connectivity index is 1.49. The van der Waals surface area contributed by atoms with Crippen molar-refractivity contribution in [2.45, 2.75) is 71.7 Å². The van der Waals surface area contributed by atoms with Crippen molar-refractivity contribution in [3.63, 3.8) is 0 Å². The first kappa shape index (κ1) is 31.5. The number of pyridine rings is 1. The van der Waals surface area contributed by atoms with Crippen LogP contribution < -0.4 is 10.4 Å². The molecule has 3 aromatic rings. The van der Waals surface area contributed by atoms with Crippen molar-refractivity contribution < 1.29 is 33.3 Å². The van der Waals surface area contributed by atoms with Crippen LogP contribution in [-0.2, 0) is 14.3 Å². The van der Waals surface area contributed by atoms with Crippen LogP contribution in [0.5, 0.6) is 5.75 Å². The molecular formula is C35H38BrNO8. The molecule has 0 bridgehead atoms. The predicted molar refractivity (Wildman–Crippen MR) is 168 cm³/mol. The molecule has 3 aliphatic rings. The van der Waals surface area contributed by atoms with Gasteiger partial charge in [-0.3, -0.25) is 9.78 Å². The van der Waals surface area contributed by atoms with Gasteiger partial charge in [0, 0.05) is 46.8 Å². The van der Waals surface area contributed by atoms with E-state index in [-0.39, 0.29) is 41.5 Å². The number of carbonyl (C=O) groups excluding carboxylic acids is 2. The van der Waals surface area contributed by atoms with E-state index in [4.69, 9.17) is 18.6 Å². The summed E-state index contributed by atoms with van der Waals surface area (Å²) >= 11 is 3.41. The summed E-state index contributed by atoms with van der Waals surface area (Å²) in [6, 6.07) is 12.0. The van der Waals surface area contributed by atoms with E-state index < -0.39 is 46.2 Å². The summed E-state index contributed by atoms with van der Waals surface area (Å²) in [7, 11) is 0. The molecule has 2 aromatic heterocycles. The fourth-order valence-corrected chi connectivity index (χ4v) is 8.74. The highest BCUT2D eigenvalue weighted by Gasteiger charge is 2.70. The first-order valence-electron chi connectivity index (χ1n) is 15.3. The van der Waals surface area contributed by atoms with E-state index >= 15 is 0 Å². The minimum atomic E-state index is -1.27. The number of aliphatic hydroxyl groups excluding tert-OH is 1. The van der Waals surface area contributed by atoms with Crippen LogP contribution in [-0.4, -0.2) is 40.3 Å². The number of fused-ring (bicyclic) bond motifs is 4. The summed E-state index contributed by atoms with van der Waals surface area (Å²) in [5, 5.41) is 12.2. The molecule has 1 aromatic carbocycles. The van der Waals surface area contributed by atoms with Crippen molar-refractivity contribution in [3.05, 3.63) is 80.9 Å². The summed E-state index contributed by atoms with van der Waals surface area (Å²) in [5.74, 6) is -1.09. The standard InChI is InChI=1S/C35H38BrNO8/c1-19-12-13-33(3)26(34(19,4)18-42-20(2)38)16-27(44-31(40)21-8-10-23(36)11-9-21)35(5)30(33)29(39)28-25(45-35)15-24(43-32(28)41)22-7-6-14-37-17-22/h6-11,14-15,17,19,26-27,29-30,39H,12-13,16,18H2,1-5H3/t19-,26?,27-,29-,30?,33-,34?,35+/m0/s1. The van der Waals surface area contributed by atoms with Gasteiger partial charge in [0.1, 0.15) is 28.8 Å². The van der Waals surface area contributed by atoms with E-state index in [2.05, 4.69) is 41.7 Å². The largest absolute Gasteiger partial charge is 0.482 e. The Hall–Kier alpha value is -3.50. The van der Waals surface area contributed by atoms with Gasteiger partial charge < -0.3 is 23.7 Å². The summed E-state index contributed by atoms with van der Waals surface area (Å²) in [5.41, 5.74) is -1.99. The average molecular weight is 681 g/mol. The molecule has 10 heteroatoms. The molecule has 8 atom stereocenters. The molecule has 0 radical (unpaired) electrons. The lowest BCUT2D eigenvalue weighted by molar-refractivity contribution is -0.257. The number of carbonyl (C=O) groups is 2. The zero-order valence-corrected chi connectivity index (χ0v) is 27.6. The Labute approximate surface area is 270 Å². The van der Waals surface area contributed by atoms with E-state index in [0.29, 0.717) is 17.5 Å². The highest BCUT2D eigenvalue weighted by molar-refractivity contribution is 9.10. The molecule has 0 spiro atoms. The Bertz CT molecular complexity index is 1680. The highest BCUT2D eigenvalue weighted by atomic mass is 79.9. The second-order valence-corrected chi connectivity index (χ2v) is 14.5. The Morgan fingerprint density at radius 2 is 1.89 bits per heavy atom. The fraction of sp³-hybridized carbons (Fsp3) is 0.486. The number of rotatable bonds is 5. The van der Waals surface area contributed by atoms with Gasteiger partial charge in [0.2, 0.25) is 0 Å². The molecule has 2 fully saturated rings. The number of benzene rings is 1. The zero-order valence-electron chi connectivity index (χ0n) is 26.0. The molecule has 238 valence electrons. The lowest BCUT2D eigenvalue weighted by Crippen LogP contribution is -2.70. The topological polar surface area (TPSA) is 125 Å². The van der Waals surface area contributed by atoms with Crippen LogP contribution in [0.25, 0.3) is 11.3 Å². The maximum Gasteiger partial charge on any atom is 0.345 e. The molecule has 3 heterocycles. The van der Waals surface area contributed by atoms with Gasteiger partial charge in [0.05, 0.1) is 18.3 Å². The van der Waals surface area contributed by atoms with E-state index in [0.717, 1.165) is 17.3 Å². The average Bonchev–Trinajstić information content (AvgIpc) is 2.99. The smallest absolute Gasteiger partial charge is 0.345 e. The van der Waals surface area contributed by atoms with Crippen LogP contribution in [0.4, 0.5) is 0 Å². The van der Waals surface area contributed by atoms with Crippen LogP contribution in [0.1, 0.15) is 75.9 Å². The molecule has 9 nitrogen and oxygen atoms in total. The van der Waals surface area contributed by atoms with Crippen molar-refractivity contribution in [1.82, 2.24) is 4.98 Å². The van der Waals surface area contributed by atoms with Crippen molar-refractivity contribution in [2.75, 3.05) is 6.61 Å². The molecule has 1 N–H and O–H groups in total. The number of esters is 2. The lowest BCUT2D eigenvalue weighted by atomic mass is 9.41. The van der Waals surface area contributed by atoms with Crippen molar-refractivity contribution >= 4 is 27.9 Å². The number of hydrogen-bond donors (Lipinski definition) is 1. The van der Waals surface area contributed by atoms with Gasteiger partial charge in [0.15, 0.2) is 0 Å². The number of halogens is 1. The summed E-state index contributed by atoms with van der Waals surface area (Å²) in [6.45, 7) is 9.82. The van der Waals surface area contributed by atoms with Gasteiger partial charge in [-0.15, -0.1) is 0 Å². The summed E-state index contributed by atoms with van der Waals surface area (Å²) in [4.78, 5) is 43.3. The molecular weight excluding hydrogens is 642 g/mol. The maximum atomic E-state index is 13.6.